The van der Waals surface area contributed by atoms with Gasteiger partial charge in [0, 0.05) is 16.1 Å². The maximum absolute atomic E-state index is 15.2. The van der Waals surface area contributed by atoms with Crippen LogP contribution >= 0.6 is 11.6 Å². The number of alkyl halides is 1. The molecule has 8 heteroatoms. The molecular weight excluding hydrogens is 379 g/mol. The standard InChI is InChI=1S/C19H13ClF3N3O/c20-8-1-2-10(12(22)5-8)15-16-14-11(18(27)26-25-16)6-9(21)7-13(14)24-17(15)19(23)3-4-19/h1-2,5-7,15,17,24H,3-4H2,(H,26,27). The van der Waals surface area contributed by atoms with Crippen molar-refractivity contribution in [2.45, 2.75) is 30.5 Å². The number of aromatic amines is 1. The molecule has 4 nitrogen and oxygen atoms in total. The zero-order chi connectivity index (χ0) is 18.9. The zero-order valence-electron chi connectivity index (χ0n) is 13.8. The second-order valence-electron chi connectivity index (χ2n) is 7.11. The summed E-state index contributed by atoms with van der Waals surface area (Å²) in [4.78, 5) is 12.1. The summed E-state index contributed by atoms with van der Waals surface area (Å²) in [5.41, 5.74) is -1.31. The van der Waals surface area contributed by atoms with Gasteiger partial charge in [-0.1, -0.05) is 17.7 Å². The van der Waals surface area contributed by atoms with E-state index >= 15 is 4.39 Å². The van der Waals surface area contributed by atoms with Gasteiger partial charge < -0.3 is 5.32 Å². The number of H-pyrrole nitrogens is 1. The molecular formula is C19H13ClF3N3O. The average molecular weight is 392 g/mol. The third-order valence-corrected chi connectivity index (χ3v) is 5.64. The molecule has 2 atom stereocenters. The lowest BCUT2D eigenvalue weighted by Gasteiger charge is -2.36. The highest BCUT2D eigenvalue weighted by atomic mass is 35.5. The van der Waals surface area contributed by atoms with E-state index in [2.05, 4.69) is 15.5 Å². The molecule has 138 valence electrons. The van der Waals surface area contributed by atoms with Crippen molar-refractivity contribution >= 4 is 28.1 Å². The largest absolute Gasteiger partial charge is 0.377 e. The Morgan fingerprint density at radius 1 is 1.19 bits per heavy atom. The van der Waals surface area contributed by atoms with Crippen molar-refractivity contribution in [1.82, 2.24) is 10.2 Å². The Kier molecular flexibility index (Phi) is 3.37. The van der Waals surface area contributed by atoms with E-state index in [9.17, 15) is 13.6 Å². The van der Waals surface area contributed by atoms with Gasteiger partial charge in [-0.3, -0.25) is 4.79 Å². The van der Waals surface area contributed by atoms with E-state index < -0.39 is 34.8 Å². The second-order valence-corrected chi connectivity index (χ2v) is 7.55. The van der Waals surface area contributed by atoms with Crippen molar-refractivity contribution in [3.05, 3.63) is 68.6 Å². The van der Waals surface area contributed by atoms with E-state index in [4.69, 9.17) is 11.6 Å². The Bertz CT molecular complexity index is 1160. The SMILES string of the molecule is O=c1[nH]nc2c3c(cc(F)cc13)NC(C1(F)CC1)C2c1ccc(Cl)cc1F. The number of anilines is 1. The molecule has 27 heavy (non-hydrogen) atoms. The highest BCUT2D eigenvalue weighted by Crippen LogP contribution is 2.53. The highest BCUT2D eigenvalue weighted by Gasteiger charge is 2.56. The van der Waals surface area contributed by atoms with Crippen LogP contribution in [0.25, 0.3) is 10.8 Å². The van der Waals surface area contributed by atoms with E-state index in [0.29, 0.717) is 23.9 Å². The van der Waals surface area contributed by atoms with Gasteiger partial charge in [-0.05, 0) is 42.7 Å². The van der Waals surface area contributed by atoms with E-state index in [-0.39, 0.29) is 21.7 Å². The van der Waals surface area contributed by atoms with Gasteiger partial charge in [0.15, 0.2) is 0 Å². The molecule has 0 radical (unpaired) electrons. The Morgan fingerprint density at radius 2 is 1.96 bits per heavy atom. The number of nitrogens with zero attached hydrogens (tertiary/aromatic N) is 1. The fourth-order valence-electron chi connectivity index (χ4n) is 3.98. The van der Waals surface area contributed by atoms with Crippen LogP contribution in [0.15, 0.2) is 35.1 Å². The van der Waals surface area contributed by atoms with Crippen molar-refractivity contribution in [1.29, 1.82) is 0 Å². The maximum atomic E-state index is 15.2. The third-order valence-electron chi connectivity index (χ3n) is 5.40. The van der Waals surface area contributed by atoms with E-state index in [1.54, 1.807) is 0 Å². The molecule has 2 N–H and O–H groups in total. The molecule has 1 aromatic heterocycles. The van der Waals surface area contributed by atoms with Crippen LogP contribution in [0.4, 0.5) is 18.9 Å². The van der Waals surface area contributed by atoms with Crippen molar-refractivity contribution < 1.29 is 13.2 Å². The van der Waals surface area contributed by atoms with Crippen molar-refractivity contribution in [3.8, 4) is 0 Å². The Labute approximate surface area is 156 Å². The molecule has 2 aliphatic rings. The summed E-state index contributed by atoms with van der Waals surface area (Å²) in [7, 11) is 0. The van der Waals surface area contributed by atoms with Gasteiger partial charge in [0.1, 0.15) is 17.3 Å². The third kappa shape index (κ3) is 2.45. The van der Waals surface area contributed by atoms with Crippen LogP contribution in [0.2, 0.25) is 5.02 Å². The fraction of sp³-hybridized carbons (Fsp3) is 0.263. The number of halogens is 4. The summed E-state index contributed by atoms with van der Waals surface area (Å²) >= 11 is 5.86. The minimum Gasteiger partial charge on any atom is -0.377 e. The molecule has 2 unspecified atom stereocenters. The van der Waals surface area contributed by atoms with E-state index in [0.717, 1.165) is 12.1 Å². The number of nitrogens with one attached hydrogen (secondary N) is 2. The summed E-state index contributed by atoms with van der Waals surface area (Å²) in [5.74, 6) is -2.01. The van der Waals surface area contributed by atoms with E-state index in [1.165, 1.54) is 18.2 Å². The number of hydrogen-bond donors (Lipinski definition) is 2. The second kappa shape index (κ2) is 5.48. The summed E-state index contributed by atoms with van der Waals surface area (Å²) in [6, 6.07) is 5.65. The molecule has 1 saturated carbocycles. The number of benzene rings is 2. The average Bonchev–Trinajstić information content (AvgIpc) is 3.36. The summed E-state index contributed by atoms with van der Waals surface area (Å²) in [5, 5.41) is 10.1. The van der Waals surface area contributed by atoms with Crippen LogP contribution in [-0.2, 0) is 0 Å². The van der Waals surface area contributed by atoms with Crippen molar-refractivity contribution in [3.63, 3.8) is 0 Å². The highest BCUT2D eigenvalue weighted by molar-refractivity contribution is 6.30. The Hall–Kier alpha value is -2.54. The Balaban J connectivity index is 1.83. The molecule has 2 heterocycles. The molecule has 0 saturated heterocycles. The van der Waals surface area contributed by atoms with Gasteiger partial charge in [-0.15, -0.1) is 0 Å². The molecule has 1 aliphatic heterocycles. The van der Waals surface area contributed by atoms with Gasteiger partial charge in [0.2, 0.25) is 0 Å². The lowest BCUT2D eigenvalue weighted by Crippen LogP contribution is -2.42. The normalized spacial score (nSPS) is 22.5. The Morgan fingerprint density at radius 3 is 2.67 bits per heavy atom. The van der Waals surface area contributed by atoms with Gasteiger partial charge in [0.05, 0.1) is 23.0 Å². The van der Waals surface area contributed by atoms with E-state index in [1.807, 2.05) is 0 Å². The van der Waals surface area contributed by atoms with Gasteiger partial charge >= 0.3 is 0 Å². The fourth-order valence-corrected chi connectivity index (χ4v) is 4.13. The number of aromatic nitrogens is 2. The van der Waals surface area contributed by atoms with Crippen LogP contribution in [-0.4, -0.2) is 21.9 Å². The smallest absolute Gasteiger partial charge is 0.272 e. The van der Waals surface area contributed by atoms with Crippen molar-refractivity contribution in [2.24, 2.45) is 0 Å². The molecule has 0 amide bonds. The first-order chi connectivity index (χ1) is 12.9. The molecule has 0 spiro atoms. The van der Waals surface area contributed by atoms with Gasteiger partial charge in [-0.25, -0.2) is 18.3 Å². The van der Waals surface area contributed by atoms with Gasteiger partial charge in [-0.2, -0.15) is 5.10 Å². The van der Waals surface area contributed by atoms with Crippen LogP contribution in [0.5, 0.6) is 0 Å². The predicted molar refractivity (Wildman–Crippen MR) is 96.1 cm³/mol. The molecule has 1 aliphatic carbocycles. The monoisotopic (exact) mass is 391 g/mol. The molecule has 1 fully saturated rings. The quantitative estimate of drug-likeness (QED) is 0.685. The first-order valence-electron chi connectivity index (χ1n) is 8.50. The summed E-state index contributed by atoms with van der Waals surface area (Å²) < 4.78 is 43.9. The molecule has 2 aromatic carbocycles. The lowest BCUT2D eigenvalue weighted by atomic mass is 9.80. The number of hydrogen-bond acceptors (Lipinski definition) is 3. The van der Waals surface area contributed by atoms with Crippen LogP contribution in [0, 0.1) is 11.6 Å². The zero-order valence-corrected chi connectivity index (χ0v) is 14.6. The summed E-state index contributed by atoms with van der Waals surface area (Å²) in [6.45, 7) is 0. The maximum Gasteiger partial charge on any atom is 0.272 e. The minimum atomic E-state index is -1.56. The first-order valence-corrected chi connectivity index (χ1v) is 8.87. The minimum absolute atomic E-state index is 0.0871. The molecule has 0 bridgehead atoms. The van der Waals surface area contributed by atoms with Crippen molar-refractivity contribution in [2.75, 3.05) is 5.32 Å². The van der Waals surface area contributed by atoms with Crippen LogP contribution in [0.3, 0.4) is 0 Å². The number of rotatable bonds is 2. The predicted octanol–water partition coefficient (Wildman–Crippen LogP) is 4.28. The molecule has 5 rings (SSSR count). The topological polar surface area (TPSA) is 57.8 Å². The van der Waals surface area contributed by atoms with Crippen LogP contribution < -0.4 is 10.9 Å². The molecule has 3 aromatic rings. The van der Waals surface area contributed by atoms with Gasteiger partial charge in [0.25, 0.3) is 5.56 Å². The summed E-state index contributed by atoms with van der Waals surface area (Å²) in [6.07, 6.45) is 0.626. The van der Waals surface area contributed by atoms with Crippen LogP contribution in [0.1, 0.15) is 30.0 Å². The lowest BCUT2D eigenvalue weighted by molar-refractivity contribution is 0.251. The first kappa shape index (κ1) is 16.6.